The molecule has 7 nitrogen and oxygen atoms in total. The molecule has 0 spiro atoms. The first kappa shape index (κ1) is 17.3. The number of rotatable bonds is 6. The second-order valence-corrected chi connectivity index (χ2v) is 4.89. The number of aromatic carboxylic acids is 1. The Kier molecular flexibility index (Phi) is 5.78. The first-order valence-electron chi connectivity index (χ1n) is 7.05. The van der Waals surface area contributed by atoms with E-state index < -0.39 is 11.9 Å². The standard InChI is InChI=1S/C17H16N2O5/c20-9-12-3-1-11(7-13(12)10-21)2-4-16(22)19-15-5-6-18-8-14(15)17(23)24/h1-8,20-21H,9-10H2,(H,23,24)(H,18,19,22)/b4-2+. The Morgan fingerprint density at radius 1 is 1.12 bits per heavy atom. The lowest BCUT2D eigenvalue weighted by molar-refractivity contribution is -0.111. The molecule has 0 saturated carbocycles. The Morgan fingerprint density at radius 3 is 2.54 bits per heavy atom. The maximum atomic E-state index is 11.9. The van der Waals surface area contributed by atoms with E-state index in [0.717, 1.165) is 6.20 Å². The molecule has 1 aromatic carbocycles. The summed E-state index contributed by atoms with van der Waals surface area (Å²) in [5.41, 5.74) is 1.90. The quantitative estimate of drug-likeness (QED) is 0.595. The molecule has 1 aromatic heterocycles. The van der Waals surface area contributed by atoms with Crippen molar-refractivity contribution in [1.82, 2.24) is 4.98 Å². The number of aliphatic hydroxyl groups is 2. The van der Waals surface area contributed by atoms with E-state index >= 15 is 0 Å². The Balaban J connectivity index is 2.13. The third-order valence-corrected chi connectivity index (χ3v) is 3.31. The fourth-order valence-corrected chi connectivity index (χ4v) is 2.07. The molecule has 1 heterocycles. The van der Waals surface area contributed by atoms with Crippen molar-refractivity contribution in [3.05, 3.63) is 65.0 Å². The Hall–Kier alpha value is -3.03. The number of pyridine rings is 1. The molecule has 0 saturated heterocycles. The minimum Gasteiger partial charge on any atom is -0.478 e. The number of carbonyl (C=O) groups is 2. The highest BCUT2D eigenvalue weighted by Gasteiger charge is 2.11. The summed E-state index contributed by atoms with van der Waals surface area (Å²) in [6.07, 6.45) is 5.31. The monoisotopic (exact) mass is 328 g/mol. The molecule has 0 radical (unpaired) electrons. The predicted molar refractivity (Wildman–Crippen MR) is 87.1 cm³/mol. The number of anilines is 1. The van der Waals surface area contributed by atoms with E-state index in [9.17, 15) is 14.7 Å². The SMILES string of the molecule is O=C(/C=C/c1ccc(CO)c(CO)c1)Nc1ccncc1C(=O)O. The van der Waals surface area contributed by atoms with Gasteiger partial charge in [0, 0.05) is 18.5 Å². The van der Waals surface area contributed by atoms with Gasteiger partial charge in [-0.1, -0.05) is 12.1 Å². The van der Waals surface area contributed by atoms with Gasteiger partial charge in [0.2, 0.25) is 5.91 Å². The summed E-state index contributed by atoms with van der Waals surface area (Å²) in [6, 6.07) is 6.41. The third kappa shape index (κ3) is 4.25. The number of hydrogen-bond donors (Lipinski definition) is 4. The van der Waals surface area contributed by atoms with Crippen LogP contribution in [0, 0.1) is 0 Å². The number of amides is 1. The van der Waals surface area contributed by atoms with Gasteiger partial charge in [0.1, 0.15) is 5.56 Å². The van der Waals surface area contributed by atoms with E-state index in [1.54, 1.807) is 18.2 Å². The van der Waals surface area contributed by atoms with E-state index in [-0.39, 0.29) is 24.5 Å². The molecule has 0 aliphatic heterocycles. The van der Waals surface area contributed by atoms with E-state index in [1.165, 1.54) is 24.4 Å². The molecular weight excluding hydrogens is 312 g/mol. The Labute approximate surface area is 137 Å². The third-order valence-electron chi connectivity index (χ3n) is 3.31. The van der Waals surface area contributed by atoms with Gasteiger partial charge in [-0.2, -0.15) is 0 Å². The van der Waals surface area contributed by atoms with Crippen LogP contribution in [-0.4, -0.2) is 32.2 Å². The number of hydrogen-bond acceptors (Lipinski definition) is 5. The number of carboxylic acids is 1. The molecule has 0 aliphatic rings. The van der Waals surface area contributed by atoms with Crippen molar-refractivity contribution in [3.63, 3.8) is 0 Å². The highest BCUT2D eigenvalue weighted by Crippen LogP contribution is 2.15. The van der Waals surface area contributed by atoms with Crippen molar-refractivity contribution in [3.8, 4) is 0 Å². The summed E-state index contributed by atoms with van der Waals surface area (Å²) >= 11 is 0. The maximum Gasteiger partial charge on any atom is 0.339 e. The maximum absolute atomic E-state index is 11.9. The number of carbonyl (C=O) groups excluding carboxylic acids is 1. The number of nitrogens with zero attached hydrogens (tertiary/aromatic N) is 1. The van der Waals surface area contributed by atoms with E-state index in [4.69, 9.17) is 10.2 Å². The molecule has 2 rings (SSSR count). The highest BCUT2D eigenvalue weighted by molar-refractivity contribution is 6.05. The van der Waals surface area contributed by atoms with Crippen molar-refractivity contribution in [2.24, 2.45) is 0 Å². The molecule has 4 N–H and O–H groups in total. The largest absolute Gasteiger partial charge is 0.478 e. The van der Waals surface area contributed by atoms with Crippen molar-refractivity contribution >= 4 is 23.6 Å². The zero-order valence-electron chi connectivity index (χ0n) is 12.6. The van der Waals surface area contributed by atoms with E-state index in [1.807, 2.05) is 0 Å². The predicted octanol–water partition coefficient (Wildman–Crippen LogP) is 1.42. The van der Waals surface area contributed by atoms with Gasteiger partial charge in [0.05, 0.1) is 18.9 Å². The van der Waals surface area contributed by atoms with Gasteiger partial charge in [-0.25, -0.2) is 4.79 Å². The summed E-state index contributed by atoms with van der Waals surface area (Å²) in [5.74, 6) is -1.69. The minimum atomic E-state index is -1.19. The molecular formula is C17H16N2O5. The summed E-state index contributed by atoms with van der Waals surface area (Å²) in [6.45, 7) is -0.400. The Morgan fingerprint density at radius 2 is 1.88 bits per heavy atom. The summed E-state index contributed by atoms with van der Waals surface area (Å²) in [7, 11) is 0. The topological polar surface area (TPSA) is 120 Å². The number of aliphatic hydroxyl groups excluding tert-OH is 2. The smallest absolute Gasteiger partial charge is 0.339 e. The molecule has 7 heteroatoms. The molecule has 2 aromatic rings. The number of nitrogens with one attached hydrogen (secondary N) is 1. The van der Waals surface area contributed by atoms with Crippen LogP contribution >= 0.6 is 0 Å². The van der Waals surface area contributed by atoms with Gasteiger partial charge >= 0.3 is 5.97 Å². The van der Waals surface area contributed by atoms with E-state index in [2.05, 4.69) is 10.3 Å². The zero-order valence-corrected chi connectivity index (χ0v) is 12.6. The zero-order chi connectivity index (χ0) is 17.5. The average molecular weight is 328 g/mol. The molecule has 0 unspecified atom stereocenters. The second-order valence-electron chi connectivity index (χ2n) is 4.89. The van der Waals surface area contributed by atoms with Crippen LogP contribution in [0.1, 0.15) is 27.0 Å². The lowest BCUT2D eigenvalue weighted by Gasteiger charge is -2.06. The van der Waals surface area contributed by atoms with Gasteiger partial charge in [0.15, 0.2) is 0 Å². The Bertz CT molecular complexity index is 786. The average Bonchev–Trinajstić information content (AvgIpc) is 2.59. The van der Waals surface area contributed by atoms with E-state index in [0.29, 0.717) is 16.7 Å². The summed E-state index contributed by atoms with van der Waals surface area (Å²) in [4.78, 5) is 26.7. The van der Waals surface area contributed by atoms with Crippen molar-refractivity contribution in [2.75, 3.05) is 5.32 Å². The first-order valence-corrected chi connectivity index (χ1v) is 7.05. The number of aromatic nitrogens is 1. The molecule has 0 atom stereocenters. The fraction of sp³-hybridized carbons (Fsp3) is 0.118. The number of carboxylic acid groups (broad SMARTS) is 1. The second kappa shape index (κ2) is 8.00. The van der Waals surface area contributed by atoms with Crippen LogP contribution < -0.4 is 5.32 Å². The van der Waals surface area contributed by atoms with Crippen LogP contribution in [-0.2, 0) is 18.0 Å². The fourth-order valence-electron chi connectivity index (χ4n) is 2.07. The minimum absolute atomic E-state index is 0.103. The molecule has 124 valence electrons. The number of benzene rings is 1. The van der Waals surface area contributed by atoms with Crippen LogP contribution in [0.3, 0.4) is 0 Å². The van der Waals surface area contributed by atoms with Gasteiger partial charge in [-0.3, -0.25) is 9.78 Å². The normalized spacial score (nSPS) is 10.8. The molecule has 0 fully saturated rings. The van der Waals surface area contributed by atoms with Crippen LogP contribution in [0.4, 0.5) is 5.69 Å². The molecule has 1 amide bonds. The van der Waals surface area contributed by atoms with Gasteiger partial charge in [-0.05, 0) is 34.9 Å². The van der Waals surface area contributed by atoms with Gasteiger partial charge in [0.25, 0.3) is 0 Å². The van der Waals surface area contributed by atoms with Crippen molar-refractivity contribution in [1.29, 1.82) is 0 Å². The van der Waals surface area contributed by atoms with Crippen LogP contribution in [0.25, 0.3) is 6.08 Å². The van der Waals surface area contributed by atoms with Crippen LogP contribution in [0.15, 0.2) is 42.7 Å². The summed E-state index contributed by atoms with van der Waals surface area (Å²) in [5, 5.41) is 29.9. The molecule has 0 aliphatic carbocycles. The lowest BCUT2D eigenvalue weighted by atomic mass is 10.0. The van der Waals surface area contributed by atoms with Gasteiger partial charge < -0.3 is 20.6 Å². The van der Waals surface area contributed by atoms with Crippen LogP contribution in [0.5, 0.6) is 0 Å². The molecule has 0 bridgehead atoms. The van der Waals surface area contributed by atoms with Gasteiger partial charge in [-0.15, -0.1) is 0 Å². The highest BCUT2D eigenvalue weighted by atomic mass is 16.4. The lowest BCUT2D eigenvalue weighted by Crippen LogP contribution is -2.12. The molecule has 24 heavy (non-hydrogen) atoms. The first-order chi connectivity index (χ1) is 11.5. The van der Waals surface area contributed by atoms with Crippen molar-refractivity contribution in [2.45, 2.75) is 13.2 Å². The van der Waals surface area contributed by atoms with Crippen LogP contribution in [0.2, 0.25) is 0 Å². The van der Waals surface area contributed by atoms with Crippen molar-refractivity contribution < 1.29 is 24.9 Å². The summed E-state index contributed by atoms with van der Waals surface area (Å²) < 4.78 is 0.